The summed E-state index contributed by atoms with van der Waals surface area (Å²) in [6.45, 7) is 1.31. The predicted molar refractivity (Wildman–Crippen MR) is 71.5 cm³/mol. The molecule has 1 aromatic carbocycles. The largest absolute Gasteiger partial charge is 0.406 e. The van der Waals surface area contributed by atoms with Gasteiger partial charge >= 0.3 is 5.97 Å². The average Bonchev–Trinajstić information content (AvgIpc) is 2.32. The molecule has 0 fully saturated rings. The molecule has 0 atom stereocenters. The van der Waals surface area contributed by atoms with Crippen LogP contribution in [0.3, 0.4) is 0 Å². The van der Waals surface area contributed by atoms with Crippen LogP contribution in [0, 0.1) is 0 Å². The molecule has 0 unspecified atom stereocenters. The van der Waals surface area contributed by atoms with E-state index in [9.17, 15) is 4.79 Å². The third-order valence-electron chi connectivity index (χ3n) is 2.07. The molecule has 0 radical (unpaired) electrons. The van der Waals surface area contributed by atoms with Crippen molar-refractivity contribution in [3.05, 3.63) is 40.1 Å². The van der Waals surface area contributed by atoms with E-state index in [1.165, 1.54) is 13.1 Å². The maximum absolute atomic E-state index is 10.9. The molecule has 92 valence electrons. The Kier molecular flexibility index (Phi) is 3.93. The molecule has 0 aliphatic heterocycles. The molecule has 0 aliphatic rings. The Labute approximate surface area is 117 Å². The number of ether oxygens (including phenoxy) is 1. The van der Waals surface area contributed by atoms with Gasteiger partial charge < -0.3 is 4.74 Å². The van der Waals surface area contributed by atoms with Crippen LogP contribution in [-0.4, -0.2) is 15.9 Å². The zero-order chi connectivity index (χ0) is 13.1. The van der Waals surface area contributed by atoms with Crippen LogP contribution in [0.15, 0.2) is 35.1 Å². The first-order chi connectivity index (χ1) is 8.56. The van der Waals surface area contributed by atoms with Crippen LogP contribution in [-0.2, 0) is 4.79 Å². The number of nitrogens with zero attached hydrogens (tertiary/aromatic N) is 2. The molecule has 0 N–H and O–H groups in total. The molecule has 2 rings (SSSR count). The zero-order valence-electron chi connectivity index (χ0n) is 9.35. The van der Waals surface area contributed by atoms with Crippen molar-refractivity contribution < 1.29 is 9.53 Å². The van der Waals surface area contributed by atoms with Gasteiger partial charge in [-0.25, -0.2) is 9.97 Å². The van der Waals surface area contributed by atoms with Gasteiger partial charge in [-0.15, -0.1) is 0 Å². The van der Waals surface area contributed by atoms with E-state index in [2.05, 4.69) is 25.9 Å². The Bertz CT molecular complexity index is 587. The Morgan fingerprint density at radius 1 is 1.33 bits per heavy atom. The van der Waals surface area contributed by atoms with Gasteiger partial charge in [0.1, 0.15) is 10.3 Å². The summed E-state index contributed by atoms with van der Waals surface area (Å²) in [7, 11) is 0. The van der Waals surface area contributed by atoms with Crippen molar-refractivity contribution in [2.45, 2.75) is 6.92 Å². The number of carbonyl (C=O) groups is 1. The molecule has 18 heavy (non-hydrogen) atoms. The number of hydrogen-bond donors (Lipinski definition) is 0. The fourth-order valence-electron chi connectivity index (χ4n) is 1.35. The minimum atomic E-state index is -0.436. The highest BCUT2D eigenvalue weighted by molar-refractivity contribution is 9.10. The fourth-order valence-corrected chi connectivity index (χ4v) is 1.89. The number of hydrogen-bond acceptors (Lipinski definition) is 4. The highest BCUT2D eigenvalue weighted by atomic mass is 79.9. The summed E-state index contributed by atoms with van der Waals surface area (Å²) in [6.07, 6.45) is 1.38. The average molecular weight is 328 g/mol. The van der Waals surface area contributed by atoms with Crippen LogP contribution in [0.1, 0.15) is 6.92 Å². The van der Waals surface area contributed by atoms with Crippen molar-refractivity contribution in [2.24, 2.45) is 0 Å². The predicted octanol–water partition coefficient (Wildman–Crippen LogP) is 3.48. The summed E-state index contributed by atoms with van der Waals surface area (Å²) in [5.74, 6) is -0.274. The topological polar surface area (TPSA) is 52.1 Å². The van der Waals surface area contributed by atoms with Gasteiger partial charge in [0.25, 0.3) is 0 Å². The van der Waals surface area contributed by atoms with E-state index >= 15 is 0 Å². The van der Waals surface area contributed by atoms with Gasteiger partial charge in [0, 0.05) is 17.5 Å². The lowest BCUT2D eigenvalue weighted by Crippen LogP contribution is -2.04. The van der Waals surface area contributed by atoms with Gasteiger partial charge in [-0.2, -0.15) is 0 Å². The van der Waals surface area contributed by atoms with E-state index in [1.807, 2.05) is 12.1 Å². The number of halogens is 2. The Hall–Kier alpha value is -1.46. The quantitative estimate of drug-likeness (QED) is 0.792. The van der Waals surface area contributed by atoms with Crippen LogP contribution >= 0.6 is 27.5 Å². The lowest BCUT2D eigenvalue weighted by atomic mass is 10.2. The van der Waals surface area contributed by atoms with E-state index in [0.29, 0.717) is 15.3 Å². The van der Waals surface area contributed by atoms with Crippen molar-refractivity contribution in [1.82, 2.24) is 9.97 Å². The van der Waals surface area contributed by atoms with Gasteiger partial charge in [-0.05, 0) is 28.1 Å². The summed E-state index contributed by atoms with van der Waals surface area (Å²) >= 11 is 9.13. The molecule has 0 aliphatic carbocycles. The van der Waals surface area contributed by atoms with Crippen molar-refractivity contribution >= 4 is 33.5 Å². The molecule has 0 saturated heterocycles. The first-order valence-electron chi connectivity index (χ1n) is 5.03. The summed E-state index contributed by atoms with van der Waals surface area (Å²) < 4.78 is 5.47. The maximum atomic E-state index is 10.9. The lowest BCUT2D eigenvalue weighted by molar-refractivity contribution is -0.132. The molecule has 6 heteroatoms. The van der Waals surface area contributed by atoms with Crippen LogP contribution in [0.4, 0.5) is 0 Å². The standard InChI is InChI=1S/C12H8BrClN2O2/c1-7(17)18-10-6-15-12(13)11(16-10)8-2-4-9(14)5-3-8/h2-6H,1H3. The third-order valence-corrected chi connectivity index (χ3v) is 2.90. The van der Waals surface area contributed by atoms with Gasteiger partial charge in [0.15, 0.2) is 0 Å². The van der Waals surface area contributed by atoms with Crippen molar-refractivity contribution in [2.75, 3.05) is 0 Å². The number of aromatic nitrogens is 2. The molecule has 2 aromatic rings. The van der Waals surface area contributed by atoms with Gasteiger partial charge in [0.2, 0.25) is 5.88 Å². The Morgan fingerprint density at radius 3 is 2.61 bits per heavy atom. The molecule has 1 aromatic heterocycles. The Balaban J connectivity index is 2.42. The van der Waals surface area contributed by atoms with E-state index < -0.39 is 5.97 Å². The molecular formula is C12H8BrClN2O2. The minimum Gasteiger partial charge on any atom is -0.406 e. The summed E-state index contributed by atoms with van der Waals surface area (Å²) in [5, 5.41) is 0.638. The van der Waals surface area contributed by atoms with Crippen LogP contribution in [0.5, 0.6) is 5.88 Å². The molecule has 0 saturated carbocycles. The number of carbonyl (C=O) groups excluding carboxylic acids is 1. The Morgan fingerprint density at radius 2 is 2.00 bits per heavy atom. The van der Waals surface area contributed by atoms with Crippen molar-refractivity contribution in [1.29, 1.82) is 0 Å². The molecule has 1 heterocycles. The van der Waals surface area contributed by atoms with E-state index in [-0.39, 0.29) is 5.88 Å². The normalized spacial score (nSPS) is 10.2. The number of benzene rings is 1. The van der Waals surface area contributed by atoms with Gasteiger partial charge in [-0.1, -0.05) is 23.7 Å². The molecule has 4 nitrogen and oxygen atoms in total. The zero-order valence-corrected chi connectivity index (χ0v) is 11.7. The molecule has 0 bridgehead atoms. The summed E-state index contributed by atoms with van der Waals surface area (Å²) in [5.41, 5.74) is 1.41. The smallest absolute Gasteiger partial charge is 0.309 e. The second kappa shape index (κ2) is 5.46. The number of esters is 1. The summed E-state index contributed by atoms with van der Waals surface area (Å²) in [6, 6.07) is 7.14. The van der Waals surface area contributed by atoms with E-state index in [1.54, 1.807) is 12.1 Å². The highest BCUT2D eigenvalue weighted by Crippen LogP contribution is 2.27. The van der Waals surface area contributed by atoms with Crippen LogP contribution in [0.2, 0.25) is 5.02 Å². The second-order valence-electron chi connectivity index (χ2n) is 3.45. The highest BCUT2D eigenvalue weighted by Gasteiger charge is 2.09. The van der Waals surface area contributed by atoms with E-state index in [4.69, 9.17) is 16.3 Å². The SMILES string of the molecule is CC(=O)Oc1cnc(Br)c(-c2ccc(Cl)cc2)n1. The van der Waals surface area contributed by atoms with Gasteiger partial charge in [0.05, 0.1) is 6.20 Å². The number of rotatable bonds is 2. The third kappa shape index (κ3) is 3.05. The van der Waals surface area contributed by atoms with Crippen LogP contribution in [0.25, 0.3) is 11.3 Å². The first-order valence-corrected chi connectivity index (χ1v) is 6.20. The van der Waals surface area contributed by atoms with Crippen molar-refractivity contribution in [3.63, 3.8) is 0 Å². The van der Waals surface area contributed by atoms with Crippen molar-refractivity contribution in [3.8, 4) is 17.1 Å². The monoisotopic (exact) mass is 326 g/mol. The maximum Gasteiger partial charge on any atom is 0.309 e. The van der Waals surface area contributed by atoms with E-state index in [0.717, 1.165) is 5.56 Å². The fraction of sp³-hybridized carbons (Fsp3) is 0.0833. The summed E-state index contributed by atoms with van der Waals surface area (Å²) in [4.78, 5) is 19.2. The molecular weight excluding hydrogens is 320 g/mol. The van der Waals surface area contributed by atoms with Gasteiger partial charge in [-0.3, -0.25) is 4.79 Å². The molecule has 0 spiro atoms. The van der Waals surface area contributed by atoms with Crippen LogP contribution < -0.4 is 4.74 Å². The minimum absolute atomic E-state index is 0.163. The second-order valence-corrected chi connectivity index (χ2v) is 4.64. The molecule has 0 amide bonds. The first kappa shape index (κ1) is 13.0. The lowest BCUT2D eigenvalue weighted by Gasteiger charge is -2.06.